The second-order valence-corrected chi connectivity index (χ2v) is 17.9. The van der Waals surface area contributed by atoms with Crippen LogP contribution in [0.3, 0.4) is 0 Å². The van der Waals surface area contributed by atoms with Crippen LogP contribution < -0.4 is 0 Å². The van der Waals surface area contributed by atoms with Gasteiger partial charge in [-0.3, -0.25) is 0 Å². The van der Waals surface area contributed by atoms with E-state index in [9.17, 15) is 10.2 Å². The topological polar surface area (TPSA) is 40.5 Å². The molecule has 6 rings (SSSR count). The molecule has 4 unspecified atom stereocenters. The van der Waals surface area contributed by atoms with Crippen molar-refractivity contribution in [3.8, 4) is 0 Å². The van der Waals surface area contributed by atoms with Crippen LogP contribution >= 0.6 is 0 Å². The zero-order chi connectivity index (χ0) is 30.5. The molecule has 0 spiro atoms. The highest BCUT2D eigenvalue weighted by atomic mass is 16.3. The first-order chi connectivity index (χ1) is 21.6. The minimum atomic E-state index is -0.0493. The molecule has 0 bridgehead atoms. The van der Waals surface area contributed by atoms with E-state index >= 15 is 0 Å². The van der Waals surface area contributed by atoms with Crippen LogP contribution in [-0.2, 0) is 0 Å². The molecule has 0 heterocycles. The lowest BCUT2D eigenvalue weighted by Crippen LogP contribution is -2.53. The summed E-state index contributed by atoms with van der Waals surface area (Å²) in [5, 5.41) is 24.5. The average molecular weight is 611 g/mol. The van der Waals surface area contributed by atoms with E-state index in [-0.39, 0.29) is 12.2 Å². The van der Waals surface area contributed by atoms with Gasteiger partial charge in [-0.15, -0.1) is 0 Å². The summed E-state index contributed by atoms with van der Waals surface area (Å²) in [6, 6.07) is 0. The second kappa shape index (κ2) is 15.9. The molecule has 0 aromatic carbocycles. The molecule has 6 fully saturated rings. The highest BCUT2D eigenvalue weighted by molar-refractivity contribution is 5.04. The van der Waals surface area contributed by atoms with Crippen molar-refractivity contribution in [1.82, 2.24) is 0 Å². The van der Waals surface area contributed by atoms with Crippen LogP contribution in [0.15, 0.2) is 0 Å². The molecular formula is C42H74O2. The van der Waals surface area contributed by atoms with E-state index in [0.29, 0.717) is 29.1 Å². The SMILES string of the molecule is CCCC(CC)(C1CC(C2CCCCC2)C(O)C(C2CCCCC2)C1)C1CC(C2CCCCC2)C(O)C(C2CCCCC2)C1. The van der Waals surface area contributed by atoms with E-state index in [1.54, 1.807) is 0 Å². The molecule has 2 nitrogen and oxygen atoms in total. The van der Waals surface area contributed by atoms with Crippen LogP contribution in [0.2, 0.25) is 0 Å². The van der Waals surface area contributed by atoms with Crippen molar-refractivity contribution in [2.24, 2.45) is 64.6 Å². The van der Waals surface area contributed by atoms with Gasteiger partial charge in [0, 0.05) is 0 Å². The highest BCUT2D eigenvalue weighted by Crippen LogP contribution is 2.61. The van der Waals surface area contributed by atoms with E-state index in [1.165, 1.54) is 173 Å². The maximum Gasteiger partial charge on any atom is 0.0602 e. The van der Waals surface area contributed by atoms with Crippen LogP contribution in [0.4, 0.5) is 0 Å². The third kappa shape index (κ3) is 7.17. The average Bonchev–Trinajstić information content (AvgIpc) is 3.09. The number of hydrogen-bond acceptors (Lipinski definition) is 2. The monoisotopic (exact) mass is 611 g/mol. The summed E-state index contributed by atoms with van der Waals surface area (Å²) in [5.41, 5.74) is 0.398. The number of hydrogen-bond donors (Lipinski definition) is 2. The molecule has 6 saturated carbocycles. The molecule has 0 radical (unpaired) electrons. The Bertz CT molecular complexity index is 711. The van der Waals surface area contributed by atoms with Gasteiger partial charge in [0.2, 0.25) is 0 Å². The highest BCUT2D eigenvalue weighted by Gasteiger charge is 2.55. The third-order valence-corrected chi connectivity index (χ3v) is 16.0. The van der Waals surface area contributed by atoms with E-state index in [2.05, 4.69) is 13.8 Å². The summed E-state index contributed by atoms with van der Waals surface area (Å²) in [5.74, 6) is 6.78. The van der Waals surface area contributed by atoms with Gasteiger partial charge in [-0.1, -0.05) is 149 Å². The van der Waals surface area contributed by atoms with Crippen molar-refractivity contribution < 1.29 is 10.2 Å². The molecular weight excluding hydrogens is 536 g/mol. The van der Waals surface area contributed by atoms with E-state index in [4.69, 9.17) is 0 Å². The summed E-state index contributed by atoms with van der Waals surface area (Å²) in [6.45, 7) is 5.07. The summed E-state index contributed by atoms with van der Waals surface area (Å²) < 4.78 is 0. The lowest BCUT2D eigenvalue weighted by Gasteiger charge is -2.58. The maximum atomic E-state index is 12.3. The first-order valence-corrected chi connectivity index (χ1v) is 20.9. The molecule has 254 valence electrons. The van der Waals surface area contributed by atoms with Crippen molar-refractivity contribution in [3.05, 3.63) is 0 Å². The zero-order valence-electron chi connectivity index (χ0n) is 29.4. The molecule has 6 aliphatic rings. The number of rotatable bonds is 9. The van der Waals surface area contributed by atoms with Gasteiger partial charge >= 0.3 is 0 Å². The van der Waals surface area contributed by atoms with Gasteiger partial charge in [0.25, 0.3) is 0 Å². The molecule has 0 saturated heterocycles. The first kappa shape index (κ1) is 33.8. The Morgan fingerprint density at radius 3 is 0.932 bits per heavy atom. The van der Waals surface area contributed by atoms with Gasteiger partial charge in [-0.2, -0.15) is 0 Å². The minimum Gasteiger partial charge on any atom is -0.393 e. The minimum absolute atomic E-state index is 0.0493. The standard InChI is InChI=1S/C42H74O2/c1-3-25-42(4-2,34-26-36(30-17-9-5-10-18-30)40(43)37(27-34)31-19-11-6-12-20-31)35-28-38(32-21-13-7-14-22-32)41(44)39(29-35)33-23-15-8-16-24-33/h30-41,43-44H,3-29H2,1-2H3. The Morgan fingerprint density at radius 2 is 0.705 bits per heavy atom. The molecule has 2 N–H and O–H groups in total. The first-order valence-electron chi connectivity index (χ1n) is 20.9. The van der Waals surface area contributed by atoms with Crippen LogP contribution in [0.1, 0.15) is 187 Å². The normalized spacial score (nSPS) is 40.9. The van der Waals surface area contributed by atoms with Crippen molar-refractivity contribution in [3.63, 3.8) is 0 Å². The van der Waals surface area contributed by atoms with Gasteiger partial charge in [-0.25, -0.2) is 0 Å². The van der Waals surface area contributed by atoms with Crippen LogP contribution in [0.5, 0.6) is 0 Å². The molecule has 0 aliphatic heterocycles. The summed E-state index contributed by atoms with van der Waals surface area (Å²) in [6.07, 6.45) is 37.0. The Labute approximate surface area is 273 Å². The summed E-state index contributed by atoms with van der Waals surface area (Å²) >= 11 is 0. The summed E-state index contributed by atoms with van der Waals surface area (Å²) in [7, 11) is 0. The van der Waals surface area contributed by atoms with Gasteiger partial charge in [-0.05, 0) is 103 Å². The quantitative estimate of drug-likeness (QED) is 0.273. The van der Waals surface area contributed by atoms with Gasteiger partial charge in [0.05, 0.1) is 12.2 Å². The zero-order valence-corrected chi connectivity index (χ0v) is 29.4. The Kier molecular flexibility index (Phi) is 12.2. The number of aliphatic hydroxyl groups is 2. The van der Waals surface area contributed by atoms with Crippen LogP contribution in [0, 0.1) is 64.6 Å². The van der Waals surface area contributed by atoms with Crippen molar-refractivity contribution in [2.45, 2.75) is 199 Å². The number of aliphatic hydroxyl groups excluding tert-OH is 2. The van der Waals surface area contributed by atoms with Gasteiger partial charge in [0.15, 0.2) is 0 Å². The predicted molar refractivity (Wildman–Crippen MR) is 185 cm³/mol. The molecule has 4 atom stereocenters. The van der Waals surface area contributed by atoms with Crippen LogP contribution in [0.25, 0.3) is 0 Å². The largest absolute Gasteiger partial charge is 0.393 e. The lowest BCUT2D eigenvalue weighted by atomic mass is 9.48. The van der Waals surface area contributed by atoms with Crippen molar-refractivity contribution in [1.29, 1.82) is 0 Å². The van der Waals surface area contributed by atoms with Gasteiger partial charge in [0.1, 0.15) is 0 Å². The molecule has 6 aliphatic carbocycles. The third-order valence-electron chi connectivity index (χ3n) is 16.0. The lowest BCUT2D eigenvalue weighted by molar-refractivity contribution is -0.133. The Morgan fingerprint density at radius 1 is 0.432 bits per heavy atom. The fourth-order valence-electron chi connectivity index (χ4n) is 13.7. The molecule has 44 heavy (non-hydrogen) atoms. The molecule has 0 aromatic rings. The fraction of sp³-hybridized carbons (Fsp3) is 1.00. The van der Waals surface area contributed by atoms with E-state index < -0.39 is 0 Å². The second-order valence-electron chi connectivity index (χ2n) is 17.9. The molecule has 0 aromatic heterocycles. The summed E-state index contributed by atoms with van der Waals surface area (Å²) in [4.78, 5) is 0. The van der Waals surface area contributed by atoms with Crippen molar-refractivity contribution in [2.75, 3.05) is 0 Å². The maximum absolute atomic E-state index is 12.3. The smallest absolute Gasteiger partial charge is 0.0602 e. The van der Waals surface area contributed by atoms with Crippen LogP contribution in [-0.4, -0.2) is 22.4 Å². The fourth-order valence-corrected chi connectivity index (χ4v) is 13.7. The van der Waals surface area contributed by atoms with E-state index in [1.807, 2.05) is 0 Å². The van der Waals surface area contributed by atoms with Gasteiger partial charge < -0.3 is 10.2 Å². The van der Waals surface area contributed by atoms with Crippen molar-refractivity contribution >= 4 is 0 Å². The van der Waals surface area contributed by atoms with E-state index in [0.717, 1.165) is 35.5 Å². The molecule has 0 amide bonds. The predicted octanol–water partition coefficient (Wildman–Crippen LogP) is 11.5. The Hall–Kier alpha value is -0.0800. The Balaban J connectivity index is 1.33. The molecule has 2 heteroatoms.